The summed E-state index contributed by atoms with van der Waals surface area (Å²) >= 11 is 2.69. The number of benzene rings is 3. The number of aliphatic hydroxyl groups excluding tert-OH is 1. The Labute approximate surface area is 268 Å². The highest BCUT2D eigenvalue weighted by Gasteiger charge is 2.48. The van der Waals surface area contributed by atoms with Crippen molar-refractivity contribution in [2.45, 2.75) is 35.9 Å². The predicted molar refractivity (Wildman–Crippen MR) is 172 cm³/mol. The highest BCUT2D eigenvalue weighted by Crippen LogP contribution is 2.46. The van der Waals surface area contributed by atoms with Crippen LogP contribution in [0.15, 0.2) is 76.6 Å². The number of nitrogens with zero attached hydrogens (tertiary/aromatic N) is 3. The fourth-order valence-corrected chi connectivity index (χ4v) is 6.89. The van der Waals surface area contributed by atoms with E-state index in [4.69, 9.17) is 18.9 Å². The van der Waals surface area contributed by atoms with Crippen LogP contribution in [0.5, 0.6) is 23.0 Å². The van der Waals surface area contributed by atoms with E-state index >= 15 is 0 Å². The summed E-state index contributed by atoms with van der Waals surface area (Å²) in [7, 11) is 1.53. The number of carbonyl (C=O) groups is 2. The zero-order chi connectivity index (χ0) is 31.3. The first-order chi connectivity index (χ1) is 22.0. The number of methoxy groups -OCH3 is 1. The van der Waals surface area contributed by atoms with Crippen molar-refractivity contribution >= 4 is 45.7 Å². The van der Waals surface area contributed by atoms with Gasteiger partial charge in [-0.1, -0.05) is 72.8 Å². The molecule has 10 nitrogen and oxygen atoms in total. The number of ether oxygens (including phenoxy) is 4. The SMILES string of the molecule is CCCCOc1ccc(C2/C(=C(\O)c3ccc4c(c3)OCCO4)C(=O)C(=O)N2c2nnc(SCc3ccccc3)s2)cc1OC. The molecule has 1 aromatic heterocycles. The first-order valence-electron chi connectivity index (χ1n) is 14.5. The van der Waals surface area contributed by atoms with E-state index in [1.54, 1.807) is 36.4 Å². The molecule has 2 aliphatic rings. The van der Waals surface area contributed by atoms with Gasteiger partial charge in [0.25, 0.3) is 5.78 Å². The molecule has 6 rings (SSSR count). The van der Waals surface area contributed by atoms with Crippen LogP contribution in [0.25, 0.3) is 5.76 Å². The Morgan fingerprint density at radius 3 is 2.60 bits per heavy atom. The van der Waals surface area contributed by atoms with Crippen molar-refractivity contribution in [3.63, 3.8) is 0 Å². The fraction of sp³-hybridized carbons (Fsp3) is 0.273. The predicted octanol–water partition coefficient (Wildman–Crippen LogP) is 6.42. The van der Waals surface area contributed by atoms with E-state index in [0.717, 1.165) is 18.4 Å². The van der Waals surface area contributed by atoms with E-state index in [0.29, 0.717) is 64.0 Å². The number of aliphatic hydroxyl groups is 1. The second kappa shape index (κ2) is 13.6. The van der Waals surface area contributed by atoms with E-state index in [1.165, 1.54) is 35.1 Å². The zero-order valence-corrected chi connectivity index (χ0v) is 26.4. The van der Waals surface area contributed by atoms with E-state index < -0.39 is 17.7 Å². The number of thioether (sulfide) groups is 1. The molecule has 1 N–H and O–H groups in total. The Balaban J connectivity index is 1.41. The summed E-state index contributed by atoms with van der Waals surface area (Å²) in [5, 5.41) is 20.5. The number of hydrogen-bond donors (Lipinski definition) is 1. The number of unbranched alkanes of at least 4 members (excludes halogenated alkanes) is 1. The smallest absolute Gasteiger partial charge is 0.301 e. The quantitative estimate of drug-likeness (QED) is 0.0489. The molecular formula is C33H31N3O7S2. The van der Waals surface area contributed by atoms with Crippen molar-refractivity contribution < 1.29 is 33.6 Å². The number of rotatable bonds is 11. The maximum atomic E-state index is 13.7. The largest absolute Gasteiger partial charge is 0.507 e. The Bertz CT molecular complexity index is 1740. The molecular weight excluding hydrogens is 615 g/mol. The summed E-state index contributed by atoms with van der Waals surface area (Å²) in [6, 6.07) is 19.0. The lowest BCUT2D eigenvalue weighted by Gasteiger charge is -2.24. The molecule has 4 aromatic rings. The molecule has 0 bridgehead atoms. The molecule has 1 unspecified atom stereocenters. The zero-order valence-electron chi connectivity index (χ0n) is 24.7. The monoisotopic (exact) mass is 645 g/mol. The molecule has 1 atom stereocenters. The summed E-state index contributed by atoms with van der Waals surface area (Å²) in [6.45, 7) is 3.36. The molecule has 1 amide bonds. The first-order valence-corrected chi connectivity index (χ1v) is 16.3. The van der Waals surface area contributed by atoms with E-state index in [1.807, 2.05) is 30.3 Å². The van der Waals surface area contributed by atoms with Crippen LogP contribution in [0.1, 0.15) is 42.5 Å². The lowest BCUT2D eigenvalue weighted by molar-refractivity contribution is -0.132. The summed E-state index contributed by atoms with van der Waals surface area (Å²) < 4.78 is 23.5. The van der Waals surface area contributed by atoms with Crippen molar-refractivity contribution in [1.29, 1.82) is 0 Å². The number of Topliss-reactive ketones (excluding diaryl/α,β-unsaturated/α-hetero) is 1. The van der Waals surface area contributed by atoms with Gasteiger partial charge >= 0.3 is 5.91 Å². The van der Waals surface area contributed by atoms with Crippen LogP contribution in [0.4, 0.5) is 5.13 Å². The number of anilines is 1. The van der Waals surface area contributed by atoms with E-state index in [2.05, 4.69) is 17.1 Å². The standard InChI is InChI=1S/C33H31N3O7S2/c1-3-4-14-41-23-12-10-21(17-25(23)40-2)28-27(29(37)22-11-13-24-26(18-22)43-16-15-42-24)30(38)31(39)36(28)32-34-35-33(45-32)44-19-20-8-6-5-7-9-20/h5-13,17-18,28,37H,3-4,14-16,19H2,1-2H3/b29-27+. The average Bonchev–Trinajstić information content (AvgIpc) is 3.65. The van der Waals surface area contributed by atoms with Crippen LogP contribution >= 0.6 is 23.1 Å². The summed E-state index contributed by atoms with van der Waals surface area (Å²) in [6.07, 6.45) is 1.85. The minimum Gasteiger partial charge on any atom is -0.507 e. The maximum absolute atomic E-state index is 13.7. The molecule has 0 spiro atoms. The van der Waals surface area contributed by atoms with Gasteiger partial charge in [-0.3, -0.25) is 14.5 Å². The van der Waals surface area contributed by atoms with Crippen molar-refractivity contribution in [2.75, 3.05) is 31.8 Å². The minimum atomic E-state index is -1.02. The Morgan fingerprint density at radius 1 is 1.02 bits per heavy atom. The molecule has 1 fully saturated rings. The van der Waals surface area contributed by atoms with Crippen molar-refractivity contribution in [1.82, 2.24) is 10.2 Å². The summed E-state index contributed by atoms with van der Waals surface area (Å²) in [4.78, 5) is 28.7. The van der Waals surface area contributed by atoms with E-state index in [9.17, 15) is 14.7 Å². The van der Waals surface area contributed by atoms with Gasteiger partial charge in [0.05, 0.1) is 25.3 Å². The van der Waals surface area contributed by atoms with Gasteiger partial charge in [-0.15, -0.1) is 10.2 Å². The van der Waals surface area contributed by atoms with Crippen LogP contribution < -0.4 is 23.8 Å². The van der Waals surface area contributed by atoms with Gasteiger partial charge in [-0.05, 0) is 47.9 Å². The van der Waals surface area contributed by atoms with Gasteiger partial charge in [0, 0.05) is 11.3 Å². The van der Waals surface area contributed by atoms with Crippen LogP contribution in [0, 0.1) is 0 Å². The normalized spacial score (nSPS) is 17.0. The molecule has 0 saturated carbocycles. The lowest BCUT2D eigenvalue weighted by atomic mass is 9.95. The third-order valence-corrected chi connectivity index (χ3v) is 9.45. The number of ketones is 1. The highest BCUT2D eigenvalue weighted by molar-refractivity contribution is 8.00. The first kappa shape index (κ1) is 30.5. The second-order valence-corrected chi connectivity index (χ2v) is 12.4. The van der Waals surface area contributed by atoms with Crippen LogP contribution in [0.3, 0.4) is 0 Å². The summed E-state index contributed by atoms with van der Waals surface area (Å²) in [5.41, 5.74) is 1.87. The van der Waals surface area contributed by atoms with E-state index in [-0.39, 0.29) is 16.5 Å². The van der Waals surface area contributed by atoms with Gasteiger partial charge in [-0.2, -0.15) is 0 Å². The highest BCUT2D eigenvalue weighted by atomic mass is 32.2. The number of aromatic nitrogens is 2. The number of fused-ring (bicyclic) bond motifs is 1. The number of carbonyl (C=O) groups excluding carboxylic acids is 2. The Morgan fingerprint density at radius 2 is 1.82 bits per heavy atom. The van der Waals surface area contributed by atoms with Gasteiger partial charge in [-0.25, -0.2) is 0 Å². The summed E-state index contributed by atoms with van der Waals surface area (Å²) in [5.74, 6) is 0.601. The van der Waals surface area contributed by atoms with Crippen LogP contribution in [0.2, 0.25) is 0 Å². The van der Waals surface area contributed by atoms with Crippen LogP contribution in [-0.4, -0.2) is 53.9 Å². The molecule has 0 aliphatic carbocycles. The molecule has 232 valence electrons. The molecule has 12 heteroatoms. The third kappa shape index (κ3) is 6.34. The maximum Gasteiger partial charge on any atom is 0.301 e. The van der Waals surface area contributed by atoms with Crippen molar-refractivity contribution in [3.8, 4) is 23.0 Å². The third-order valence-electron chi connectivity index (χ3n) is 7.33. The number of amides is 1. The molecule has 45 heavy (non-hydrogen) atoms. The van der Waals surface area contributed by atoms with Crippen LogP contribution in [-0.2, 0) is 15.3 Å². The second-order valence-electron chi connectivity index (χ2n) is 10.3. The average molecular weight is 646 g/mol. The topological polar surface area (TPSA) is 120 Å². The molecule has 1 saturated heterocycles. The van der Waals surface area contributed by atoms with Crippen molar-refractivity contribution in [3.05, 3.63) is 89.0 Å². The molecule has 3 heterocycles. The van der Waals surface area contributed by atoms with Crippen molar-refractivity contribution in [2.24, 2.45) is 0 Å². The van der Waals surface area contributed by atoms with Gasteiger partial charge < -0.3 is 24.1 Å². The Hall–Kier alpha value is -4.55. The minimum absolute atomic E-state index is 0.0907. The molecule has 3 aromatic carbocycles. The molecule has 0 radical (unpaired) electrons. The lowest BCUT2D eigenvalue weighted by Crippen LogP contribution is -2.29. The Kier molecular flexibility index (Phi) is 9.22. The fourth-order valence-electron chi connectivity index (χ4n) is 5.07. The van der Waals surface area contributed by atoms with Gasteiger partial charge in [0.2, 0.25) is 5.13 Å². The van der Waals surface area contributed by atoms with Gasteiger partial charge in [0.15, 0.2) is 27.3 Å². The van der Waals surface area contributed by atoms with Gasteiger partial charge in [0.1, 0.15) is 19.0 Å². The molecule has 2 aliphatic heterocycles. The number of hydrogen-bond acceptors (Lipinski definition) is 11.